The Hall–Kier alpha value is -2.17. The van der Waals surface area contributed by atoms with Crippen molar-refractivity contribution in [3.8, 4) is 11.3 Å². The molecule has 0 N–H and O–H groups in total. The van der Waals surface area contributed by atoms with Crippen LogP contribution in [0.4, 0.5) is 0 Å². The first-order valence-electron chi connectivity index (χ1n) is 8.49. The maximum Gasteiger partial charge on any atom is 0.495 e. The lowest BCUT2D eigenvalue weighted by molar-refractivity contribution is 0.00578. The number of benzene rings is 1. The number of hydrogen-bond donors (Lipinski definition) is 0. The van der Waals surface area contributed by atoms with Crippen molar-refractivity contribution in [1.82, 2.24) is 4.98 Å². The number of pyridine rings is 1. The molecule has 25 heavy (non-hydrogen) atoms. The highest BCUT2D eigenvalue weighted by molar-refractivity contribution is 6.63. The third kappa shape index (κ3) is 2.96. The summed E-state index contributed by atoms with van der Waals surface area (Å²) in [5.41, 5.74) is 4.07. The van der Waals surface area contributed by atoms with Crippen molar-refractivity contribution < 1.29 is 9.31 Å². The average Bonchev–Trinajstić information content (AvgIpc) is 2.81. The molecule has 0 unspecified atom stereocenters. The molecule has 4 heteroatoms. The summed E-state index contributed by atoms with van der Waals surface area (Å²) in [6.45, 7) is 16.2. The van der Waals surface area contributed by atoms with Crippen molar-refractivity contribution in [2.75, 3.05) is 0 Å². The van der Waals surface area contributed by atoms with Crippen molar-refractivity contribution in [1.29, 1.82) is 0 Å². The summed E-state index contributed by atoms with van der Waals surface area (Å²) >= 11 is 0. The molecule has 0 spiro atoms. The molecule has 0 atom stereocenters. The van der Waals surface area contributed by atoms with E-state index in [1.807, 2.05) is 42.5 Å². The van der Waals surface area contributed by atoms with Crippen molar-refractivity contribution >= 4 is 24.7 Å². The Labute approximate surface area is 150 Å². The Kier molecular flexibility index (Phi) is 4.44. The maximum atomic E-state index is 6.22. The van der Waals surface area contributed by atoms with Gasteiger partial charge in [0.05, 0.1) is 16.9 Å². The minimum Gasteiger partial charge on any atom is -0.399 e. The van der Waals surface area contributed by atoms with Crippen LogP contribution in [0, 0.1) is 0 Å². The van der Waals surface area contributed by atoms with Crippen molar-refractivity contribution in [2.45, 2.75) is 38.9 Å². The predicted molar refractivity (Wildman–Crippen MR) is 106 cm³/mol. The van der Waals surface area contributed by atoms with E-state index in [2.05, 4.69) is 45.8 Å². The van der Waals surface area contributed by atoms with Crippen molar-refractivity contribution in [2.24, 2.45) is 0 Å². The van der Waals surface area contributed by atoms with Gasteiger partial charge in [0.15, 0.2) is 0 Å². The summed E-state index contributed by atoms with van der Waals surface area (Å²) in [5.74, 6) is 0. The van der Waals surface area contributed by atoms with E-state index >= 15 is 0 Å². The monoisotopic (exact) mass is 333 g/mol. The first-order chi connectivity index (χ1) is 11.8. The number of nitrogens with zero attached hydrogens (tertiary/aromatic N) is 1. The largest absolute Gasteiger partial charge is 0.495 e. The SMILES string of the molecule is C=Cc1c(B2OC(C)(C)C(C)(C)O2)ccc(-c2ccccn2)c1C=C. The second-order valence-electron chi connectivity index (χ2n) is 7.24. The van der Waals surface area contributed by atoms with Gasteiger partial charge in [-0.3, -0.25) is 4.98 Å². The van der Waals surface area contributed by atoms with Crippen LogP contribution in [0.1, 0.15) is 38.8 Å². The van der Waals surface area contributed by atoms with E-state index in [1.54, 1.807) is 6.20 Å². The van der Waals surface area contributed by atoms with E-state index in [0.717, 1.165) is 27.8 Å². The molecule has 1 aliphatic heterocycles. The number of aromatic nitrogens is 1. The Balaban J connectivity index is 2.12. The summed E-state index contributed by atoms with van der Waals surface area (Å²) in [7, 11) is -0.436. The van der Waals surface area contributed by atoms with Gasteiger partial charge in [0.1, 0.15) is 0 Å². The lowest BCUT2D eigenvalue weighted by atomic mass is 9.73. The molecule has 1 aromatic carbocycles. The minimum absolute atomic E-state index is 0.385. The number of hydrogen-bond acceptors (Lipinski definition) is 3. The van der Waals surface area contributed by atoms with E-state index in [0.29, 0.717) is 0 Å². The van der Waals surface area contributed by atoms with Crippen LogP contribution in [0.25, 0.3) is 23.4 Å². The Morgan fingerprint density at radius 2 is 1.56 bits per heavy atom. The van der Waals surface area contributed by atoms with Crippen LogP contribution < -0.4 is 5.46 Å². The summed E-state index contributed by atoms with van der Waals surface area (Å²) in [5, 5.41) is 0. The molecule has 0 bridgehead atoms. The van der Waals surface area contributed by atoms with Crippen LogP contribution >= 0.6 is 0 Å². The third-order valence-electron chi connectivity index (χ3n) is 5.18. The number of rotatable bonds is 4. The van der Waals surface area contributed by atoms with Gasteiger partial charge in [-0.2, -0.15) is 0 Å². The van der Waals surface area contributed by atoms with Gasteiger partial charge in [-0.15, -0.1) is 0 Å². The van der Waals surface area contributed by atoms with Gasteiger partial charge in [-0.25, -0.2) is 0 Å². The van der Waals surface area contributed by atoms with Gasteiger partial charge in [-0.05, 0) is 56.4 Å². The molecule has 3 nitrogen and oxygen atoms in total. The van der Waals surface area contributed by atoms with Crippen LogP contribution in [0.2, 0.25) is 0 Å². The van der Waals surface area contributed by atoms with E-state index in [4.69, 9.17) is 9.31 Å². The summed E-state index contributed by atoms with van der Waals surface area (Å²) in [6.07, 6.45) is 5.47. The normalized spacial score (nSPS) is 18.2. The van der Waals surface area contributed by atoms with Crippen LogP contribution in [0.3, 0.4) is 0 Å². The Morgan fingerprint density at radius 1 is 0.920 bits per heavy atom. The highest BCUT2D eigenvalue weighted by atomic mass is 16.7. The van der Waals surface area contributed by atoms with Gasteiger partial charge in [0.25, 0.3) is 0 Å². The lowest BCUT2D eigenvalue weighted by Gasteiger charge is -2.32. The second-order valence-corrected chi connectivity index (χ2v) is 7.24. The van der Waals surface area contributed by atoms with Crippen molar-refractivity contribution in [3.63, 3.8) is 0 Å². The summed E-state index contributed by atoms with van der Waals surface area (Å²) in [6, 6.07) is 9.96. The molecule has 0 amide bonds. The third-order valence-corrected chi connectivity index (χ3v) is 5.18. The molecule has 2 heterocycles. The fourth-order valence-corrected chi connectivity index (χ4v) is 3.02. The predicted octanol–water partition coefficient (Wildman–Crippen LogP) is 4.33. The molecular weight excluding hydrogens is 309 g/mol. The van der Waals surface area contributed by atoms with Crippen LogP contribution in [-0.4, -0.2) is 23.3 Å². The smallest absolute Gasteiger partial charge is 0.399 e. The van der Waals surface area contributed by atoms with Crippen molar-refractivity contribution in [3.05, 3.63) is 60.8 Å². The topological polar surface area (TPSA) is 31.4 Å². The van der Waals surface area contributed by atoms with Gasteiger partial charge in [0, 0.05) is 11.8 Å². The van der Waals surface area contributed by atoms with Crippen LogP contribution in [-0.2, 0) is 9.31 Å². The zero-order valence-corrected chi connectivity index (χ0v) is 15.4. The van der Waals surface area contributed by atoms with Gasteiger partial charge < -0.3 is 9.31 Å². The van der Waals surface area contributed by atoms with E-state index in [1.165, 1.54) is 0 Å². The van der Waals surface area contributed by atoms with Crippen LogP contribution in [0.15, 0.2) is 49.7 Å². The molecule has 1 saturated heterocycles. The molecular formula is C21H24BNO2. The lowest BCUT2D eigenvalue weighted by Crippen LogP contribution is -2.41. The second kappa shape index (κ2) is 6.28. The molecule has 0 aliphatic carbocycles. The molecule has 2 aromatic rings. The highest BCUT2D eigenvalue weighted by Crippen LogP contribution is 2.37. The highest BCUT2D eigenvalue weighted by Gasteiger charge is 2.52. The Bertz CT molecular complexity index is 796. The quantitative estimate of drug-likeness (QED) is 0.780. The van der Waals surface area contributed by atoms with Gasteiger partial charge >= 0.3 is 7.12 Å². The van der Waals surface area contributed by atoms with E-state index in [9.17, 15) is 0 Å². The molecule has 1 aromatic heterocycles. The van der Waals surface area contributed by atoms with E-state index < -0.39 is 7.12 Å². The molecule has 1 fully saturated rings. The first kappa shape index (κ1) is 17.7. The Morgan fingerprint density at radius 3 is 2.08 bits per heavy atom. The molecule has 3 rings (SSSR count). The first-order valence-corrected chi connectivity index (χ1v) is 8.49. The van der Waals surface area contributed by atoms with Gasteiger partial charge in [-0.1, -0.05) is 43.5 Å². The standard InChI is InChI=1S/C21H24BNO2/c1-7-15-16(8-2)18(22-24-20(3,4)21(5,6)25-22)13-12-17(15)19-11-9-10-14-23-19/h7-14H,1-2H2,3-6H3. The van der Waals surface area contributed by atoms with Gasteiger partial charge in [0.2, 0.25) is 0 Å². The molecule has 1 aliphatic rings. The summed E-state index contributed by atoms with van der Waals surface area (Å²) < 4.78 is 12.4. The minimum atomic E-state index is -0.436. The maximum absolute atomic E-state index is 6.22. The molecule has 0 saturated carbocycles. The zero-order chi connectivity index (χ0) is 18.2. The fourth-order valence-electron chi connectivity index (χ4n) is 3.02. The van der Waals surface area contributed by atoms with E-state index in [-0.39, 0.29) is 11.2 Å². The molecule has 0 radical (unpaired) electrons. The average molecular weight is 333 g/mol. The summed E-state index contributed by atoms with van der Waals surface area (Å²) in [4.78, 5) is 4.46. The van der Waals surface area contributed by atoms with Crippen LogP contribution in [0.5, 0.6) is 0 Å². The zero-order valence-electron chi connectivity index (χ0n) is 15.4. The fraction of sp³-hybridized carbons (Fsp3) is 0.286. The molecule has 128 valence electrons.